The Balaban J connectivity index is 0.840. The number of nitrogens with one attached hydrogen (secondary N) is 2. The number of ether oxygens (including phenoxy) is 4. The number of benzene rings is 2. The number of carbonyl (C=O) groups excluding carboxylic acids is 4. The number of amides is 4. The minimum absolute atomic E-state index is 0.0375. The van der Waals surface area contributed by atoms with Gasteiger partial charge in [0.25, 0.3) is 0 Å². The van der Waals surface area contributed by atoms with E-state index in [1.54, 1.807) is 9.80 Å². The lowest BCUT2D eigenvalue weighted by Crippen LogP contribution is -2.71. The van der Waals surface area contributed by atoms with Crippen LogP contribution in [0.1, 0.15) is 57.1 Å². The largest absolute Gasteiger partial charge is 0.449 e. The molecule has 0 saturated carbocycles. The van der Waals surface area contributed by atoms with Gasteiger partial charge in [-0.05, 0) is 49.4 Å². The van der Waals surface area contributed by atoms with Gasteiger partial charge in [-0.2, -0.15) is 0 Å². The highest BCUT2D eigenvalue weighted by molar-refractivity contribution is 5.84. The third-order valence-electron chi connectivity index (χ3n) is 9.76. The van der Waals surface area contributed by atoms with Crippen LogP contribution in [0.5, 0.6) is 0 Å². The summed E-state index contributed by atoms with van der Waals surface area (Å²) < 4.78 is 23.1. The maximum Gasteiger partial charge on any atom is 0.410 e. The number of piperazine rings is 1. The first-order chi connectivity index (χ1) is 22.6. The van der Waals surface area contributed by atoms with Gasteiger partial charge in [0.15, 0.2) is 0 Å². The molecule has 6 atom stereocenters. The summed E-state index contributed by atoms with van der Waals surface area (Å²) in [6, 6.07) is 15.4. The molecule has 2 bridgehead atoms. The van der Waals surface area contributed by atoms with Crippen LogP contribution in [0.2, 0.25) is 0 Å². The second-order valence-electron chi connectivity index (χ2n) is 14.1. The van der Waals surface area contributed by atoms with Crippen molar-refractivity contribution in [2.45, 2.75) is 87.9 Å². The molecule has 5 fully saturated rings. The Bertz CT molecular complexity index is 1500. The van der Waals surface area contributed by atoms with Crippen molar-refractivity contribution in [3.05, 3.63) is 59.7 Å². The number of rotatable bonds is 7. The van der Waals surface area contributed by atoms with Crippen LogP contribution in [-0.2, 0) is 28.5 Å². The molecule has 47 heavy (non-hydrogen) atoms. The first-order valence-corrected chi connectivity index (χ1v) is 16.5. The fourth-order valence-corrected chi connectivity index (χ4v) is 7.62. The molecule has 2 N–H and O–H groups in total. The van der Waals surface area contributed by atoms with Gasteiger partial charge in [0, 0.05) is 31.8 Å². The Labute approximate surface area is 274 Å². The molecule has 1 aliphatic carbocycles. The van der Waals surface area contributed by atoms with Gasteiger partial charge >= 0.3 is 12.2 Å². The van der Waals surface area contributed by atoms with E-state index in [-0.39, 0.29) is 74.6 Å². The van der Waals surface area contributed by atoms with Gasteiger partial charge in [-0.15, -0.1) is 0 Å². The van der Waals surface area contributed by atoms with Crippen LogP contribution in [0, 0.1) is 0 Å². The summed E-state index contributed by atoms with van der Waals surface area (Å²) in [7, 11) is 0. The highest BCUT2D eigenvalue weighted by Crippen LogP contribution is 2.44. The average molecular weight is 647 g/mol. The smallest absolute Gasteiger partial charge is 0.410 e. The first kappa shape index (κ1) is 31.4. The summed E-state index contributed by atoms with van der Waals surface area (Å²) in [5, 5.41) is 5.85. The molecule has 0 spiro atoms. The number of nitrogens with zero attached hydrogens (tertiary/aromatic N) is 2. The van der Waals surface area contributed by atoms with E-state index in [1.165, 1.54) is 0 Å². The lowest BCUT2D eigenvalue weighted by atomic mass is 9.88. The van der Waals surface area contributed by atoms with Crippen molar-refractivity contribution in [1.82, 2.24) is 20.4 Å². The standard InChI is InChI=1S/C35H42N4O8/c1-35(2,3)47-34(43)39-20-14-21(39)16-38(15-20)30(41)13-12-29(40)36-27-18-44-32-28(19-45-31(27)32)37-33(42)46-17-26-24-10-6-4-8-22(24)23-9-5-7-11-25(23)26/h4-11,20-21,26-28,31-32H,12-19H2,1-3H3,(H,36,40)(H,37,42)/t20?,21?,27-,28-,31+,32+/m0/s1. The minimum atomic E-state index is -0.572. The van der Waals surface area contributed by atoms with Gasteiger partial charge in [-0.1, -0.05) is 48.5 Å². The van der Waals surface area contributed by atoms with Crippen molar-refractivity contribution in [1.29, 1.82) is 0 Å². The molecule has 0 aromatic heterocycles. The highest BCUT2D eigenvalue weighted by atomic mass is 16.6. The first-order valence-electron chi connectivity index (χ1n) is 16.5. The summed E-state index contributed by atoms with van der Waals surface area (Å²) >= 11 is 0. The van der Waals surface area contributed by atoms with Crippen LogP contribution in [0.15, 0.2) is 48.5 Å². The van der Waals surface area contributed by atoms with E-state index >= 15 is 0 Å². The zero-order valence-electron chi connectivity index (χ0n) is 27.0. The predicted molar refractivity (Wildman–Crippen MR) is 169 cm³/mol. The zero-order chi connectivity index (χ0) is 32.9. The second kappa shape index (κ2) is 12.5. The van der Waals surface area contributed by atoms with Crippen molar-refractivity contribution < 1.29 is 38.1 Å². The number of fused-ring (bicyclic) bond motifs is 6. The van der Waals surface area contributed by atoms with E-state index in [2.05, 4.69) is 34.9 Å². The zero-order valence-corrected chi connectivity index (χ0v) is 27.0. The van der Waals surface area contributed by atoms with Gasteiger partial charge in [0.1, 0.15) is 24.4 Å². The molecule has 8 rings (SSSR count). The van der Waals surface area contributed by atoms with Gasteiger partial charge < -0.3 is 34.5 Å². The van der Waals surface area contributed by atoms with Crippen LogP contribution in [-0.4, -0.2) is 109 Å². The fraction of sp³-hybridized carbons (Fsp3) is 0.543. The molecule has 4 amide bonds. The minimum Gasteiger partial charge on any atom is -0.449 e. The summed E-state index contributed by atoms with van der Waals surface area (Å²) in [4.78, 5) is 54.6. The van der Waals surface area contributed by atoms with Crippen LogP contribution in [0.4, 0.5) is 9.59 Å². The molecule has 2 aromatic carbocycles. The molecule has 5 aliphatic heterocycles. The van der Waals surface area contributed by atoms with E-state index in [9.17, 15) is 19.2 Å². The third kappa shape index (κ3) is 6.28. The summed E-state index contributed by atoms with van der Waals surface area (Å²) in [6.07, 6.45) is -0.753. The summed E-state index contributed by atoms with van der Waals surface area (Å²) in [5.41, 5.74) is 4.04. The number of carbonyl (C=O) groups is 4. The van der Waals surface area contributed by atoms with Crippen LogP contribution >= 0.6 is 0 Å². The molecule has 5 heterocycles. The van der Waals surface area contributed by atoms with Crippen LogP contribution in [0.3, 0.4) is 0 Å². The second-order valence-corrected chi connectivity index (χ2v) is 14.1. The van der Waals surface area contributed by atoms with Crippen LogP contribution < -0.4 is 10.6 Å². The Morgan fingerprint density at radius 3 is 2.00 bits per heavy atom. The van der Waals surface area contributed by atoms with Gasteiger partial charge in [-0.3, -0.25) is 14.5 Å². The maximum absolute atomic E-state index is 12.9. The molecule has 2 unspecified atom stereocenters. The normalized spacial score (nSPS) is 27.3. The van der Waals surface area contributed by atoms with E-state index in [1.807, 2.05) is 45.0 Å². The molecule has 12 nitrogen and oxygen atoms in total. The van der Waals surface area contributed by atoms with E-state index < -0.39 is 29.9 Å². The Morgan fingerprint density at radius 2 is 1.40 bits per heavy atom. The number of piperidine rings is 1. The molecular formula is C35H42N4O8. The quantitative estimate of drug-likeness (QED) is 0.469. The van der Waals surface area contributed by atoms with Crippen molar-refractivity contribution in [3.63, 3.8) is 0 Å². The predicted octanol–water partition coefficient (Wildman–Crippen LogP) is 3.18. The Hall–Kier alpha value is -4.16. The number of alkyl carbamates (subject to hydrolysis) is 1. The van der Waals surface area contributed by atoms with Crippen molar-refractivity contribution in [2.24, 2.45) is 0 Å². The molecule has 12 heteroatoms. The maximum atomic E-state index is 12.9. The summed E-state index contributed by atoms with van der Waals surface area (Å²) in [6.45, 7) is 7.09. The Kier molecular flexibility index (Phi) is 8.33. The lowest BCUT2D eigenvalue weighted by molar-refractivity contribution is -0.144. The fourth-order valence-electron chi connectivity index (χ4n) is 7.62. The van der Waals surface area contributed by atoms with Crippen LogP contribution in [0.25, 0.3) is 11.1 Å². The number of hydrogen-bond donors (Lipinski definition) is 2. The molecular weight excluding hydrogens is 604 g/mol. The van der Waals surface area contributed by atoms with E-state index in [0.717, 1.165) is 28.7 Å². The molecule has 6 aliphatic rings. The molecule has 0 radical (unpaired) electrons. The topological polar surface area (TPSA) is 136 Å². The Morgan fingerprint density at radius 1 is 0.830 bits per heavy atom. The van der Waals surface area contributed by atoms with Crippen molar-refractivity contribution in [2.75, 3.05) is 32.9 Å². The monoisotopic (exact) mass is 646 g/mol. The molecule has 5 saturated heterocycles. The summed E-state index contributed by atoms with van der Waals surface area (Å²) in [5.74, 6) is -0.409. The lowest BCUT2D eigenvalue weighted by Gasteiger charge is -2.55. The van der Waals surface area contributed by atoms with E-state index in [0.29, 0.717) is 13.1 Å². The number of hydrogen-bond acceptors (Lipinski definition) is 8. The third-order valence-corrected chi connectivity index (χ3v) is 9.76. The van der Waals surface area contributed by atoms with Crippen molar-refractivity contribution in [3.8, 4) is 11.1 Å². The van der Waals surface area contributed by atoms with Gasteiger partial charge in [0.2, 0.25) is 11.8 Å². The molecule has 250 valence electrons. The highest BCUT2D eigenvalue weighted by Gasteiger charge is 2.50. The van der Waals surface area contributed by atoms with Gasteiger partial charge in [-0.25, -0.2) is 9.59 Å². The molecule has 2 aromatic rings. The SMILES string of the molecule is CC(C)(C)OC(=O)N1C2CC1CN(C(=O)CCC(=O)N[C@H]1CO[C@H]3[C@@H]1OC[C@@H]3NC(=O)OCC1c3ccccc3-c3ccccc31)C2. The van der Waals surface area contributed by atoms with Crippen molar-refractivity contribution >= 4 is 24.0 Å². The van der Waals surface area contributed by atoms with Gasteiger partial charge in [0.05, 0.1) is 37.4 Å². The average Bonchev–Trinajstić information content (AvgIpc) is 3.71. The van der Waals surface area contributed by atoms with E-state index in [4.69, 9.17) is 18.9 Å².